The number of halogens is 5. The van der Waals surface area contributed by atoms with Crippen molar-refractivity contribution in [3.8, 4) is 11.3 Å². The Labute approximate surface area is 259 Å². The maximum absolute atomic E-state index is 13.0. The summed E-state index contributed by atoms with van der Waals surface area (Å²) in [6, 6.07) is 9.49. The summed E-state index contributed by atoms with van der Waals surface area (Å²) < 4.78 is 40.7. The van der Waals surface area contributed by atoms with Crippen molar-refractivity contribution in [2.24, 2.45) is 0 Å². The highest BCUT2D eigenvalue weighted by atomic mass is 35.5. The Kier molecular flexibility index (Phi) is 9.13. The number of piperidine rings is 1. The van der Waals surface area contributed by atoms with E-state index in [9.17, 15) is 18.0 Å². The summed E-state index contributed by atoms with van der Waals surface area (Å²) in [6.07, 6.45) is -3.19. The van der Waals surface area contributed by atoms with E-state index in [0.29, 0.717) is 83.6 Å². The smallest absolute Gasteiger partial charge is 0.416 e. The van der Waals surface area contributed by atoms with E-state index >= 15 is 0 Å². The van der Waals surface area contributed by atoms with Gasteiger partial charge in [0.1, 0.15) is 11.6 Å². The average Bonchev–Trinajstić information content (AvgIpc) is 3.39. The molecule has 4 aromatic rings. The zero-order valence-corrected chi connectivity index (χ0v) is 24.7. The van der Waals surface area contributed by atoms with Crippen LogP contribution in [0.3, 0.4) is 0 Å². The van der Waals surface area contributed by atoms with Crippen molar-refractivity contribution in [3.63, 3.8) is 0 Å². The van der Waals surface area contributed by atoms with E-state index in [1.807, 2.05) is 4.90 Å². The van der Waals surface area contributed by atoms with E-state index in [0.717, 1.165) is 0 Å². The van der Waals surface area contributed by atoms with Crippen LogP contribution in [-0.2, 0) is 4.79 Å². The first-order valence-corrected chi connectivity index (χ1v) is 14.3. The van der Waals surface area contributed by atoms with Crippen LogP contribution in [0.1, 0.15) is 30.1 Å². The lowest BCUT2D eigenvalue weighted by molar-refractivity contribution is -0.138. The number of nitrogens with two attached hydrogens (primary N) is 1. The molecular weight excluding hydrogens is 622 g/mol. The number of carboxylic acids is 1. The number of aliphatic carboxylic acids is 1. The lowest BCUT2D eigenvalue weighted by Crippen LogP contribution is -2.36. The monoisotopic (exact) mass is 649 g/mol. The number of hydrogen-bond acceptors (Lipinski definition) is 9. The Morgan fingerprint density at radius 2 is 1.80 bits per heavy atom. The summed E-state index contributed by atoms with van der Waals surface area (Å²) in [7, 11) is 0. The lowest BCUT2D eigenvalue weighted by Gasteiger charge is -2.29. The van der Waals surface area contributed by atoms with Gasteiger partial charge < -0.3 is 21.5 Å². The van der Waals surface area contributed by atoms with Gasteiger partial charge in [0.25, 0.3) is 0 Å². The quantitative estimate of drug-likeness (QED) is 0.164. The van der Waals surface area contributed by atoms with Gasteiger partial charge in [0.2, 0.25) is 5.95 Å². The third-order valence-corrected chi connectivity index (χ3v) is 7.71. The molecule has 1 aliphatic rings. The number of nitrogens with zero attached hydrogens (tertiary/aromatic N) is 6. The van der Waals surface area contributed by atoms with Crippen LogP contribution in [-0.4, -0.2) is 79.4 Å². The van der Waals surface area contributed by atoms with Crippen LogP contribution in [0.15, 0.2) is 43.0 Å². The Hall–Kier alpha value is -4.14. The number of allylic oxidation sites excluding steroid dienone is 1. The molecule has 0 spiro atoms. The van der Waals surface area contributed by atoms with Crippen molar-refractivity contribution >= 4 is 58.0 Å². The van der Waals surface area contributed by atoms with Crippen molar-refractivity contribution in [3.05, 3.63) is 64.4 Å². The van der Waals surface area contributed by atoms with Gasteiger partial charge in [-0.2, -0.15) is 17.7 Å². The molecule has 44 heavy (non-hydrogen) atoms. The minimum Gasteiger partial charge on any atom is -0.480 e. The molecule has 0 amide bonds. The number of anilines is 3. The fourth-order valence-corrected chi connectivity index (χ4v) is 5.42. The lowest BCUT2D eigenvalue weighted by atomic mass is 9.96. The van der Waals surface area contributed by atoms with Crippen molar-refractivity contribution in [1.29, 1.82) is 0 Å². The van der Waals surface area contributed by atoms with Gasteiger partial charge >= 0.3 is 12.1 Å². The molecule has 1 fully saturated rings. The van der Waals surface area contributed by atoms with Crippen LogP contribution in [0.5, 0.6) is 0 Å². The fourth-order valence-electron chi connectivity index (χ4n) is 4.92. The molecule has 5 N–H and O–H groups in total. The van der Waals surface area contributed by atoms with E-state index in [2.05, 4.69) is 22.2 Å². The maximum Gasteiger partial charge on any atom is 0.416 e. The summed E-state index contributed by atoms with van der Waals surface area (Å²) in [5.41, 5.74) is 6.14. The molecule has 0 atom stereocenters. The molecular formula is C28H28Cl2F3N9O2. The molecule has 16 heteroatoms. The molecule has 1 aliphatic heterocycles. The number of benzene rings is 1. The van der Waals surface area contributed by atoms with Crippen LogP contribution in [0, 0.1) is 0 Å². The Morgan fingerprint density at radius 1 is 1.07 bits per heavy atom. The summed E-state index contributed by atoms with van der Waals surface area (Å²) >= 11 is 12.6. The van der Waals surface area contributed by atoms with Crippen molar-refractivity contribution in [1.82, 2.24) is 29.5 Å². The van der Waals surface area contributed by atoms with Gasteiger partial charge in [-0.3, -0.25) is 9.69 Å². The van der Waals surface area contributed by atoms with E-state index < -0.39 is 17.7 Å². The largest absolute Gasteiger partial charge is 0.480 e. The summed E-state index contributed by atoms with van der Waals surface area (Å²) in [6.45, 7) is 4.94. The van der Waals surface area contributed by atoms with Gasteiger partial charge in [0.05, 0.1) is 22.8 Å². The Bertz CT molecular complexity index is 1710. The SMILES string of the molecule is C=C(c1ccc(NCCNc2nc(-c3ccc(Cl)cc3Cl)cc3nc(C4CCN(CC(=O)O)CC4)nn23)nc1N)C(F)(F)F. The van der Waals surface area contributed by atoms with Crippen LogP contribution in [0.25, 0.3) is 22.5 Å². The van der Waals surface area contributed by atoms with E-state index in [1.54, 1.807) is 28.8 Å². The minimum atomic E-state index is -4.61. The maximum atomic E-state index is 13.0. The molecule has 1 saturated heterocycles. The highest BCUT2D eigenvalue weighted by Gasteiger charge is 2.34. The van der Waals surface area contributed by atoms with Crippen LogP contribution < -0.4 is 16.4 Å². The Morgan fingerprint density at radius 3 is 2.45 bits per heavy atom. The third-order valence-electron chi connectivity index (χ3n) is 7.17. The summed E-state index contributed by atoms with van der Waals surface area (Å²) in [4.78, 5) is 26.5. The van der Waals surface area contributed by atoms with Crippen LogP contribution in [0.4, 0.5) is 30.8 Å². The highest BCUT2D eigenvalue weighted by molar-refractivity contribution is 6.36. The second-order valence-corrected chi connectivity index (χ2v) is 11.1. The van der Waals surface area contributed by atoms with Crippen molar-refractivity contribution in [2.45, 2.75) is 24.9 Å². The number of rotatable bonds is 10. The van der Waals surface area contributed by atoms with Crippen LogP contribution >= 0.6 is 23.2 Å². The molecule has 0 unspecified atom stereocenters. The molecule has 3 aromatic heterocycles. The van der Waals surface area contributed by atoms with Gasteiger partial charge in [0, 0.05) is 41.2 Å². The van der Waals surface area contributed by atoms with Crippen molar-refractivity contribution in [2.75, 3.05) is 49.1 Å². The van der Waals surface area contributed by atoms with Gasteiger partial charge in [-0.1, -0.05) is 29.8 Å². The van der Waals surface area contributed by atoms with Crippen LogP contribution in [0.2, 0.25) is 10.0 Å². The second-order valence-electron chi connectivity index (χ2n) is 10.2. The van der Waals surface area contributed by atoms with Gasteiger partial charge in [0.15, 0.2) is 11.5 Å². The molecule has 1 aromatic carbocycles. The number of aromatic nitrogens is 5. The minimum absolute atomic E-state index is 0.00232. The number of fused-ring (bicyclic) bond motifs is 1. The summed E-state index contributed by atoms with van der Waals surface area (Å²) in [5, 5.41) is 21.0. The molecule has 0 saturated carbocycles. The number of alkyl halides is 3. The van der Waals surface area contributed by atoms with Gasteiger partial charge in [-0.15, -0.1) is 5.10 Å². The van der Waals surface area contributed by atoms with Gasteiger partial charge in [-0.25, -0.2) is 15.0 Å². The van der Waals surface area contributed by atoms with E-state index in [-0.39, 0.29) is 23.8 Å². The Balaban J connectivity index is 1.34. The summed E-state index contributed by atoms with van der Waals surface area (Å²) in [5.74, 6) is 0.206. The highest BCUT2D eigenvalue weighted by Crippen LogP contribution is 2.35. The number of nitrogens with one attached hydrogen (secondary N) is 2. The molecule has 0 bridgehead atoms. The number of nitrogen functional groups attached to an aromatic ring is 1. The molecule has 0 radical (unpaired) electrons. The number of likely N-dealkylation sites (tertiary alicyclic amines) is 1. The first-order valence-electron chi connectivity index (χ1n) is 13.6. The van der Waals surface area contributed by atoms with Crippen molar-refractivity contribution < 1.29 is 23.1 Å². The van der Waals surface area contributed by atoms with Gasteiger partial charge in [-0.05, 0) is 56.3 Å². The topological polar surface area (TPSA) is 147 Å². The molecule has 5 rings (SSSR count). The number of pyridine rings is 1. The standard InChI is InChI=1S/C28H28Cl2F3N9O2/c1-15(28(31,32)33)18-4-5-22(38-25(18)34)35-8-9-36-27-37-21(19-3-2-17(29)12-20(19)30)13-23-39-26(40-42(23)27)16-6-10-41(11-7-16)14-24(43)44/h2-5,12-13,16H,1,6-11,14H2,(H,36,37)(H,43,44)(H3,34,35,38). The second kappa shape index (κ2) is 12.8. The first-order chi connectivity index (χ1) is 20.9. The molecule has 11 nitrogen and oxygen atoms in total. The number of carboxylic acid groups (broad SMARTS) is 1. The first kappa shape index (κ1) is 31.3. The third kappa shape index (κ3) is 7.14. The molecule has 4 heterocycles. The zero-order chi connectivity index (χ0) is 31.6. The zero-order valence-electron chi connectivity index (χ0n) is 23.2. The normalized spacial score (nSPS) is 14.6. The molecule has 0 aliphatic carbocycles. The number of hydrogen-bond donors (Lipinski definition) is 4. The fraction of sp³-hybridized carbons (Fsp3) is 0.321. The predicted molar refractivity (Wildman–Crippen MR) is 163 cm³/mol. The molecule has 232 valence electrons. The predicted octanol–water partition coefficient (Wildman–Crippen LogP) is 5.44. The van der Waals surface area contributed by atoms with E-state index in [1.165, 1.54) is 12.1 Å². The number of carbonyl (C=O) groups is 1. The average molecular weight is 650 g/mol. The van der Waals surface area contributed by atoms with E-state index in [4.69, 9.17) is 49.1 Å².